The molecule has 106 valence electrons. The van der Waals surface area contributed by atoms with Crippen LogP contribution in [0.25, 0.3) is 0 Å². The predicted molar refractivity (Wildman–Crippen MR) is 75.2 cm³/mol. The van der Waals surface area contributed by atoms with Gasteiger partial charge < -0.3 is 15.2 Å². The number of ether oxygens (including phenoxy) is 1. The Kier molecular flexibility index (Phi) is 5.16. The average Bonchev–Trinajstić information content (AvgIpc) is 2.40. The highest BCUT2D eigenvalue weighted by atomic mass is 16.5. The van der Waals surface area contributed by atoms with Crippen LogP contribution in [0.2, 0.25) is 0 Å². The lowest BCUT2D eigenvalue weighted by atomic mass is 9.87. The number of methoxy groups -OCH3 is 1. The van der Waals surface area contributed by atoms with Gasteiger partial charge in [0, 0.05) is 24.4 Å². The molecule has 19 heavy (non-hydrogen) atoms. The molecule has 0 bridgehead atoms. The minimum atomic E-state index is -0.0704. The van der Waals surface area contributed by atoms with E-state index in [-0.39, 0.29) is 6.10 Å². The van der Waals surface area contributed by atoms with Gasteiger partial charge in [-0.1, -0.05) is 0 Å². The first-order valence-corrected chi connectivity index (χ1v) is 7.07. The maximum absolute atomic E-state index is 9.47. The molecule has 0 aliphatic heterocycles. The number of hydrogen-bond acceptors (Lipinski definition) is 4. The van der Waals surface area contributed by atoms with Crippen molar-refractivity contribution in [2.75, 3.05) is 13.7 Å². The van der Waals surface area contributed by atoms with Gasteiger partial charge in [0.15, 0.2) is 0 Å². The van der Waals surface area contributed by atoms with Crippen molar-refractivity contribution in [1.29, 1.82) is 0 Å². The Bertz CT molecular complexity index is 401. The molecule has 0 atom stereocenters. The highest BCUT2D eigenvalue weighted by Crippen LogP contribution is 2.23. The van der Waals surface area contributed by atoms with Crippen LogP contribution in [0.15, 0.2) is 12.1 Å². The van der Waals surface area contributed by atoms with Crippen molar-refractivity contribution >= 4 is 0 Å². The molecule has 4 heteroatoms. The lowest BCUT2D eigenvalue weighted by molar-refractivity contribution is 0.108. The third-order valence-electron chi connectivity index (χ3n) is 3.77. The van der Waals surface area contributed by atoms with Gasteiger partial charge in [0.1, 0.15) is 5.75 Å². The summed E-state index contributed by atoms with van der Waals surface area (Å²) < 4.78 is 5.25. The fourth-order valence-electron chi connectivity index (χ4n) is 2.66. The van der Waals surface area contributed by atoms with Gasteiger partial charge >= 0.3 is 0 Å². The number of aliphatic hydroxyl groups is 1. The van der Waals surface area contributed by atoms with Gasteiger partial charge in [0.25, 0.3) is 0 Å². The number of aromatic nitrogens is 1. The molecule has 0 aromatic carbocycles. The number of nitrogens with one attached hydrogen (secondary N) is 1. The fraction of sp³-hybridized carbons (Fsp3) is 0.667. The standard InChI is InChI=1S/C15H24N2O2/c1-11-7-15(19-2)8-13(17-11)10-16-9-12-3-5-14(18)6-4-12/h7-8,12,14,16,18H,3-6,9-10H2,1-2H3. The van der Waals surface area contributed by atoms with E-state index >= 15 is 0 Å². The molecule has 1 aliphatic carbocycles. The number of pyridine rings is 1. The minimum absolute atomic E-state index is 0.0704. The zero-order valence-corrected chi connectivity index (χ0v) is 11.9. The maximum Gasteiger partial charge on any atom is 0.122 e. The van der Waals surface area contributed by atoms with Crippen LogP contribution in [0.5, 0.6) is 5.75 Å². The lowest BCUT2D eigenvalue weighted by Gasteiger charge is -2.25. The molecule has 0 spiro atoms. The van der Waals surface area contributed by atoms with Gasteiger partial charge in [0.2, 0.25) is 0 Å². The second-order valence-corrected chi connectivity index (χ2v) is 5.45. The molecule has 0 unspecified atom stereocenters. The van der Waals surface area contributed by atoms with Crippen molar-refractivity contribution in [3.8, 4) is 5.75 Å². The number of aliphatic hydroxyl groups excluding tert-OH is 1. The molecule has 0 radical (unpaired) electrons. The van der Waals surface area contributed by atoms with Crippen LogP contribution in [-0.4, -0.2) is 29.8 Å². The molecule has 1 saturated carbocycles. The van der Waals surface area contributed by atoms with Gasteiger partial charge in [-0.15, -0.1) is 0 Å². The summed E-state index contributed by atoms with van der Waals surface area (Å²) in [5.74, 6) is 1.56. The second-order valence-electron chi connectivity index (χ2n) is 5.45. The minimum Gasteiger partial charge on any atom is -0.497 e. The van der Waals surface area contributed by atoms with Crippen molar-refractivity contribution in [1.82, 2.24) is 10.3 Å². The van der Waals surface area contributed by atoms with Gasteiger partial charge in [-0.05, 0) is 45.1 Å². The summed E-state index contributed by atoms with van der Waals surface area (Å²) in [6, 6.07) is 3.91. The molecular weight excluding hydrogens is 240 g/mol. The Hall–Kier alpha value is -1.13. The molecule has 1 aromatic heterocycles. The quantitative estimate of drug-likeness (QED) is 0.854. The second kappa shape index (κ2) is 6.87. The third-order valence-corrected chi connectivity index (χ3v) is 3.77. The Morgan fingerprint density at radius 2 is 2.05 bits per heavy atom. The first kappa shape index (κ1) is 14.3. The topological polar surface area (TPSA) is 54.4 Å². The van der Waals surface area contributed by atoms with Crippen LogP contribution in [0.1, 0.15) is 37.1 Å². The molecular formula is C15H24N2O2. The molecule has 1 aromatic rings. The van der Waals surface area contributed by atoms with E-state index in [0.29, 0.717) is 5.92 Å². The molecule has 1 fully saturated rings. The SMILES string of the molecule is COc1cc(C)nc(CNCC2CCC(O)CC2)c1. The summed E-state index contributed by atoms with van der Waals surface area (Å²) >= 11 is 0. The Balaban J connectivity index is 1.77. The average molecular weight is 264 g/mol. The van der Waals surface area contributed by atoms with E-state index in [0.717, 1.165) is 55.9 Å². The van der Waals surface area contributed by atoms with Gasteiger partial charge in [-0.25, -0.2) is 0 Å². The van der Waals surface area contributed by atoms with E-state index in [1.165, 1.54) is 0 Å². The van der Waals surface area contributed by atoms with Crippen molar-refractivity contribution in [2.45, 2.75) is 45.3 Å². The number of rotatable bonds is 5. The molecule has 2 N–H and O–H groups in total. The maximum atomic E-state index is 9.47. The lowest BCUT2D eigenvalue weighted by Crippen LogP contribution is -2.28. The summed E-state index contributed by atoms with van der Waals surface area (Å²) in [6.07, 6.45) is 4.07. The smallest absolute Gasteiger partial charge is 0.122 e. The highest BCUT2D eigenvalue weighted by Gasteiger charge is 2.18. The van der Waals surface area contributed by atoms with Crippen molar-refractivity contribution in [3.05, 3.63) is 23.5 Å². The van der Waals surface area contributed by atoms with Crippen molar-refractivity contribution in [3.63, 3.8) is 0 Å². The normalized spacial score (nSPS) is 23.3. The Morgan fingerprint density at radius 3 is 2.74 bits per heavy atom. The first-order valence-electron chi connectivity index (χ1n) is 7.07. The molecule has 2 rings (SSSR count). The Labute approximate surface area is 115 Å². The summed E-state index contributed by atoms with van der Waals surface area (Å²) in [5, 5.41) is 12.9. The number of nitrogens with zero attached hydrogens (tertiary/aromatic N) is 1. The van der Waals surface area contributed by atoms with E-state index in [1.54, 1.807) is 7.11 Å². The predicted octanol–water partition coefficient (Wildman–Crippen LogP) is 2.04. The Morgan fingerprint density at radius 1 is 1.32 bits per heavy atom. The number of hydrogen-bond donors (Lipinski definition) is 2. The first-order chi connectivity index (χ1) is 9.17. The molecule has 0 amide bonds. The van der Waals surface area contributed by atoms with Crippen LogP contribution in [0, 0.1) is 12.8 Å². The summed E-state index contributed by atoms with van der Waals surface area (Å²) in [4.78, 5) is 4.49. The fourth-order valence-corrected chi connectivity index (χ4v) is 2.66. The van der Waals surface area contributed by atoms with E-state index in [9.17, 15) is 5.11 Å². The van der Waals surface area contributed by atoms with Gasteiger partial charge in [0.05, 0.1) is 18.9 Å². The molecule has 4 nitrogen and oxygen atoms in total. The van der Waals surface area contributed by atoms with Crippen LogP contribution < -0.4 is 10.1 Å². The van der Waals surface area contributed by atoms with Crippen molar-refractivity contribution < 1.29 is 9.84 Å². The highest BCUT2D eigenvalue weighted by molar-refractivity contribution is 5.26. The van der Waals surface area contributed by atoms with Crippen molar-refractivity contribution in [2.24, 2.45) is 5.92 Å². The van der Waals surface area contributed by atoms with Gasteiger partial charge in [-0.2, -0.15) is 0 Å². The van der Waals surface area contributed by atoms with E-state index in [4.69, 9.17) is 4.74 Å². The van der Waals surface area contributed by atoms with Crippen LogP contribution >= 0.6 is 0 Å². The largest absolute Gasteiger partial charge is 0.497 e. The van der Waals surface area contributed by atoms with E-state index in [1.807, 2.05) is 19.1 Å². The number of aryl methyl sites for hydroxylation is 1. The van der Waals surface area contributed by atoms with Crippen LogP contribution in [-0.2, 0) is 6.54 Å². The zero-order valence-electron chi connectivity index (χ0n) is 11.9. The summed E-state index contributed by atoms with van der Waals surface area (Å²) in [7, 11) is 1.68. The van der Waals surface area contributed by atoms with E-state index in [2.05, 4.69) is 10.3 Å². The zero-order chi connectivity index (χ0) is 13.7. The van der Waals surface area contributed by atoms with Crippen LogP contribution in [0.3, 0.4) is 0 Å². The van der Waals surface area contributed by atoms with Crippen LogP contribution in [0.4, 0.5) is 0 Å². The van der Waals surface area contributed by atoms with Gasteiger partial charge in [-0.3, -0.25) is 4.98 Å². The molecule has 0 saturated heterocycles. The third kappa shape index (κ3) is 4.48. The molecule has 1 aliphatic rings. The van der Waals surface area contributed by atoms with E-state index < -0.39 is 0 Å². The molecule has 1 heterocycles. The summed E-state index contributed by atoms with van der Waals surface area (Å²) in [6.45, 7) is 3.76. The monoisotopic (exact) mass is 264 g/mol. The summed E-state index contributed by atoms with van der Waals surface area (Å²) in [5.41, 5.74) is 2.00.